The van der Waals surface area contributed by atoms with Gasteiger partial charge in [0.15, 0.2) is 5.69 Å². The highest BCUT2D eigenvalue weighted by Crippen LogP contribution is 2.24. The van der Waals surface area contributed by atoms with E-state index in [-0.39, 0.29) is 11.9 Å². The van der Waals surface area contributed by atoms with E-state index in [0.717, 1.165) is 24.8 Å². The van der Waals surface area contributed by atoms with Crippen molar-refractivity contribution in [3.05, 3.63) is 47.3 Å². The molecule has 1 fully saturated rings. The quantitative estimate of drug-likeness (QED) is 0.715. The predicted molar refractivity (Wildman–Crippen MR) is 107 cm³/mol. The molecule has 2 aromatic rings. The van der Waals surface area contributed by atoms with E-state index in [1.54, 1.807) is 15.8 Å². The van der Waals surface area contributed by atoms with Crippen molar-refractivity contribution < 1.29 is 13.2 Å². The summed E-state index contributed by atoms with van der Waals surface area (Å²) in [6.07, 6.45) is 4.03. The van der Waals surface area contributed by atoms with Gasteiger partial charge >= 0.3 is 0 Å². The molecular weight excluding hydrogens is 392 g/mol. The SMILES string of the molecule is CN(C)S(=O)(=O)N1CCCC1Cn1cc(C(=O)N2CCc3ccccc3C2)nn1. The third kappa shape index (κ3) is 3.92. The first kappa shape index (κ1) is 20.0. The van der Waals surface area contributed by atoms with E-state index < -0.39 is 10.2 Å². The van der Waals surface area contributed by atoms with Gasteiger partial charge in [-0.05, 0) is 30.4 Å². The topological polar surface area (TPSA) is 91.6 Å². The second-order valence-electron chi connectivity index (χ2n) is 7.77. The number of nitrogens with zero attached hydrogens (tertiary/aromatic N) is 6. The van der Waals surface area contributed by atoms with Crippen LogP contribution in [0.1, 0.15) is 34.5 Å². The van der Waals surface area contributed by atoms with Crippen molar-refractivity contribution in [3.8, 4) is 0 Å². The highest BCUT2D eigenvalue weighted by Gasteiger charge is 2.36. The molecule has 0 aliphatic carbocycles. The van der Waals surface area contributed by atoms with Gasteiger partial charge in [-0.15, -0.1) is 5.10 Å². The molecule has 1 amide bonds. The molecule has 1 saturated heterocycles. The van der Waals surface area contributed by atoms with Gasteiger partial charge in [-0.2, -0.15) is 17.0 Å². The fraction of sp³-hybridized carbons (Fsp3) is 0.526. The van der Waals surface area contributed by atoms with Crippen LogP contribution in [-0.2, 0) is 29.7 Å². The van der Waals surface area contributed by atoms with Crippen molar-refractivity contribution in [2.24, 2.45) is 0 Å². The van der Waals surface area contributed by atoms with Crippen molar-refractivity contribution in [1.82, 2.24) is 28.5 Å². The van der Waals surface area contributed by atoms with Gasteiger partial charge in [0, 0.05) is 39.8 Å². The number of carbonyl (C=O) groups is 1. The largest absolute Gasteiger partial charge is 0.333 e. The van der Waals surface area contributed by atoms with Gasteiger partial charge in [-0.1, -0.05) is 29.5 Å². The normalized spacial score (nSPS) is 20.2. The molecule has 29 heavy (non-hydrogen) atoms. The molecule has 3 heterocycles. The zero-order chi connectivity index (χ0) is 20.6. The Morgan fingerprint density at radius 1 is 1.21 bits per heavy atom. The van der Waals surface area contributed by atoms with Crippen molar-refractivity contribution in [1.29, 1.82) is 0 Å². The minimum atomic E-state index is -3.47. The number of benzene rings is 1. The van der Waals surface area contributed by atoms with Gasteiger partial charge < -0.3 is 4.90 Å². The summed E-state index contributed by atoms with van der Waals surface area (Å²) in [6, 6.07) is 7.96. The Morgan fingerprint density at radius 3 is 2.72 bits per heavy atom. The molecule has 0 saturated carbocycles. The summed E-state index contributed by atoms with van der Waals surface area (Å²) in [5.74, 6) is -0.144. The maximum Gasteiger partial charge on any atom is 0.281 e. The summed E-state index contributed by atoms with van der Waals surface area (Å²) < 4.78 is 29.3. The maximum absolute atomic E-state index is 12.9. The van der Waals surface area contributed by atoms with Crippen LogP contribution in [0.5, 0.6) is 0 Å². The van der Waals surface area contributed by atoms with Crippen molar-refractivity contribution in [3.63, 3.8) is 0 Å². The molecule has 1 aromatic carbocycles. The van der Waals surface area contributed by atoms with Gasteiger partial charge in [-0.3, -0.25) is 9.48 Å². The van der Waals surface area contributed by atoms with Crippen LogP contribution in [0.25, 0.3) is 0 Å². The lowest BCUT2D eigenvalue weighted by Gasteiger charge is -2.28. The van der Waals surface area contributed by atoms with Crippen molar-refractivity contribution in [2.75, 3.05) is 27.2 Å². The van der Waals surface area contributed by atoms with Gasteiger partial charge in [0.05, 0.1) is 12.7 Å². The molecule has 1 aromatic heterocycles. The van der Waals surface area contributed by atoms with Crippen LogP contribution in [0, 0.1) is 0 Å². The molecule has 4 rings (SSSR count). The molecule has 1 unspecified atom stereocenters. The fourth-order valence-corrected chi connectivity index (χ4v) is 5.37. The molecule has 2 aliphatic heterocycles. The van der Waals surface area contributed by atoms with Crippen molar-refractivity contribution >= 4 is 16.1 Å². The molecule has 0 spiro atoms. The van der Waals surface area contributed by atoms with E-state index in [4.69, 9.17) is 0 Å². The summed E-state index contributed by atoms with van der Waals surface area (Å²) >= 11 is 0. The van der Waals surface area contributed by atoms with Gasteiger partial charge in [0.2, 0.25) is 0 Å². The van der Waals surface area contributed by atoms with E-state index in [9.17, 15) is 13.2 Å². The Bertz CT molecular complexity index is 1000. The van der Waals surface area contributed by atoms with Gasteiger partial charge in [0.25, 0.3) is 16.1 Å². The summed E-state index contributed by atoms with van der Waals surface area (Å²) in [5, 5.41) is 8.14. The average Bonchev–Trinajstić information content (AvgIpc) is 3.37. The molecule has 1 atom stereocenters. The van der Waals surface area contributed by atoms with Crippen LogP contribution in [0.2, 0.25) is 0 Å². The maximum atomic E-state index is 12.9. The van der Waals surface area contributed by atoms with E-state index >= 15 is 0 Å². The van der Waals surface area contributed by atoms with Gasteiger partial charge in [0.1, 0.15) is 0 Å². The number of carbonyl (C=O) groups excluding carboxylic acids is 1. The highest BCUT2D eigenvalue weighted by atomic mass is 32.2. The Morgan fingerprint density at radius 2 is 1.97 bits per heavy atom. The molecule has 2 aliphatic rings. The second kappa shape index (κ2) is 7.85. The van der Waals surface area contributed by atoms with Crippen LogP contribution in [0.15, 0.2) is 30.5 Å². The highest BCUT2D eigenvalue weighted by molar-refractivity contribution is 7.86. The van der Waals surface area contributed by atoms with E-state index in [0.29, 0.717) is 31.9 Å². The zero-order valence-corrected chi connectivity index (χ0v) is 17.5. The molecule has 0 bridgehead atoms. The Labute approximate surface area is 171 Å². The van der Waals surface area contributed by atoms with Crippen LogP contribution in [0.3, 0.4) is 0 Å². The Kier molecular flexibility index (Phi) is 5.41. The molecule has 156 valence electrons. The minimum Gasteiger partial charge on any atom is -0.333 e. The lowest BCUT2D eigenvalue weighted by atomic mass is 10.00. The zero-order valence-electron chi connectivity index (χ0n) is 16.7. The summed E-state index contributed by atoms with van der Waals surface area (Å²) in [7, 11) is -0.400. The number of rotatable bonds is 5. The van der Waals surface area contributed by atoms with E-state index in [1.165, 1.54) is 28.3 Å². The van der Waals surface area contributed by atoms with E-state index in [2.05, 4.69) is 16.4 Å². The molecule has 0 N–H and O–H groups in total. The lowest BCUT2D eigenvalue weighted by Crippen LogP contribution is -2.44. The molecule has 9 nitrogen and oxygen atoms in total. The summed E-state index contributed by atoms with van der Waals surface area (Å²) in [6.45, 7) is 2.11. The lowest BCUT2D eigenvalue weighted by molar-refractivity contribution is 0.0728. The third-order valence-corrected chi connectivity index (χ3v) is 7.65. The standard InChI is InChI=1S/C19H26N6O3S/c1-22(2)29(27,28)25-10-5-8-17(25)13-24-14-18(20-21-24)19(26)23-11-9-15-6-3-4-7-16(15)12-23/h3-4,6-7,14,17H,5,8-13H2,1-2H3. The third-order valence-electron chi connectivity index (χ3n) is 5.65. The van der Waals surface area contributed by atoms with E-state index in [1.807, 2.05) is 18.2 Å². The monoisotopic (exact) mass is 418 g/mol. The number of hydrogen-bond donors (Lipinski definition) is 0. The van der Waals surface area contributed by atoms with Crippen LogP contribution in [0.4, 0.5) is 0 Å². The summed E-state index contributed by atoms with van der Waals surface area (Å²) in [5.41, 5.74) is 2.74. The average molecular weight is 419 g/mol. The first-order chi connectivity index (χ1) is 13.9. The second-order valence-corrected chi connectivity index (χ2v) is 9.86. The van der Waals surface area contributed by atoms with Crippen LogP contribution in [-0.4, -0.2) is 76.1 Å². The molecule has 10 heteroatoms. The van der Waals surface area contributed by atoms with Crippen LogP contribution < -0.4 is 0 Å². The van der Waals surface area contributed by atoms with Crippen LogP contribution >= 0.6 is 0 Å². The van der Waals surface area contributed by atoms with Gasteiger partial charge in [-0.25, -0.2) is 0 Å². The number of hydrogen-bond acceptors (Lipinski definition) is 5. The molecule has 0 radical (unpaired) electrons. The minimum absolute atomic E-state index is 0.144. The molecular formula is C19H26N6O3S. The number of amides is 1. The number of fused-ring (bicyclic) bond motifs is 1. The smallest absolute Gasteiger partial charge is 0.281 e. The van der Waals surface area contributed by atoms with Crippen molar-refractivity contribution in [2.45, 2.75) is 38.4 Å². The fourth-order valence-electron chi connectivity index (χ4n) is 4.04. The Hall–Kier alpha value is -2.30. The first-order valence-corrected chi connectivity index (χ1v) is 11.2. The number of aromatic nitrogens is 3. The summed E-state index contributed by atoms with van der Waals surface area (Å²) in [4.78, 5) is 14.7. The predicted octanol–water partition coefficient (Wildman–Crippen LogP) is 0.747. The first-order valence-electron chi connectivity index (χ1n) is 9.82. The Balaban J connectivity index is 1.44.